The van der Waals surface area contributed by atoms with Crippen LogP contribution in [-0.2, 0) is 6.54 Å². The lowest BCUT2D eigenvalue weighted by Gasteiger charge is -2.35. The molecule has 180 valence electrons. The van der Waals surface area contributed by atoms with Crippen molar-refractivity contribution in [1.82, 2.24) is 14.8 Å². The van der Waals surface area contributed by atoms with Crippen LogP contribution in [-0.4, -0.2) is 66.9 Å². The van der Waals surface area contributed by atoms with Gasteiger partial charge in [0.15, 0.2) is 23.0 Å². The lowest BCUT2D eigenvalue weighted by atomic mass is 10.1. The van der Waals surface area contributed by atoms with Crippen LogP contribution in [0.25, 0.3) is 0 Å². The highest BCUT2D eigenvalue weighted by atomic mass is 32.2. The second-order valence-electron chi connectivity index (χ2n) is 8.52. The highest BCUT2D eigenvalue weighted by Gasteiger charge is 2.25. The first-order valence-corrected chi connectivity index (χ1v) is 12.5. The van der Waals surface area contributed by atoms with Crippen LogP contribution in [0.2, 0.25) is 0 Å². The minimum atomic E-state index is 0.0147. The summed E-state index contributed by atoms with van der Waals surface area (Å²) >= 11 is 1.46. The number of amides is 1. The van der Waals surface area contributed by atoms with E-state index >= 15 is 0 Å². The van der Waals surface area contributed by atoms with Crippen LogP contribution in [0, 0.1) is 0 Å². The van der Waals surface area contributed by atoms with Gasteiger partial charge in [0, 0.05) is 43.8 Å². The second-order valence-corrected chi connectivity index (χ2v) is 9.58. The topological polar surface area (TPSA) is 73.4 Å². The maximum atomic E-state index is 13.4. The molecule has 0 bridgehead atoms. The predicted octanol–water partition coefficient (Wildman–Crippen LogP) is 3.69. The van der Waals surface area contributed by atoms with Crippen LogP contribution < -0.4 is 18.9 Å². The van der Waals surface area contributed by atoms with E-state index in [1.165, 1.54) is 17.3 Å². The van der Waals surface area contributed by atoms with Crippen LogP contribution in [0.4, 0.5) is 0 Å². The van der Waals surface area contributed by atoms with Gasteiger partial charge >= 0.3 is 0 Å². The summed E-state index contributed by atoms with van der Waals surface area (Å²) in [5.41, 5.74) is 1.80. The Morgan fingerprint density at radius 3 is 2.49 bits per heavy atom. The number of hydrogen-bond acceptors (Lipinski definition) is 8. The molecule has 6 rings (SSSR count). The lowest BCUT2D eigenvalue weighted by Crippen LogP contribution is -2.48. The minimum absolute atomic E-state index is 0.0147. The molecule has 0 spiro atoms. The molecule has 8 nitrogen and oxygen atoms in total. The number of rotatable bonds is 5. The van der Waals surface area contributed by atoms with E-state index in [1.807, 2.05) is 47.4 Å². The summed E-state index contributed by atoms with van der Waals surface area (Å²) in [4.78, 5) is 23.2. The molecular formula is C26H25N3O5S. The van der Waals surface area contributed by atoms with E-state index in [0.29, 0.717) is 36.9 Å². The Kier molecular flexibility index (Phi) is 6.10. The number of piperazine rings is 1. The van der Waals surface area contributed by atoms with Crippen molar-refractivity contribution in [1.29, 1.82) is 0 Å². The number of hydrogen-bond donors (Lipinski definition) is 0. The lowest BCUT2D eigenvalue weighted by molar-refractivity contribution is 0.0624. The molecule has 35 heavy (non-hydrogen) atoms. The van der Waals surface area contributed by atoms with Crippen LogP contribution >= 0.6 is 11.8 Å². The number of benzene rings is 2. The summed E-state index contributed by atoms with van der Waals surface area (Å²) in [6.07, 6.45) is 1.72. The molecule has 0 N–H and O–H groups in total. The van der Waals surface area contributed by atoms with Gasteiger partial charge in [-0.15, -0.1) is 0 Å². The molecule has 0 saturated carbocycles. The summed E-state index contributed by atoms with van der Waals surface area (Å²) in [5.74, 6) is 3.09. The third-order valence-electron chi connectivity index (χ3n) is 6.23. The number of pyridine rings is 1. The molecule has 1 saturated heterocycles. The Morgan fingerprint density at radius 2 is 1.60 bits per heavy atom. The number of carbonyl (C=O) groups is 1. The van der Waals surface area contributed by atoms with E-state index in [4.69, 9.17) is 18.9 Å². The van der Waals surface area contributed by atoms with Gasteiger partial charge in [-0.3, -0.25) is 9.69 Å². The highest BCUT2D eigenvalue weighted by Crippen LogP contribution is 2.37. The molecule has 1 aromatic heterocycles. The zero-order chi connectivity index (χ0) is 23.6. The van der Waals surface area contributed by atoms with Crippen molar-refractivity contribution in [3.05, 3.63) is 65.9 Å². The van der Waals surface area contributed by atoms with Crippen molar-refractivity contribution in [2.24, 2.45) is 0 Å². The maximum absolute atomic E-state index is 13.4. The van der Waals surface area contributed by atoms with Crippen molar-refractivity contribution >= 4 is 17.7 Å². The van der Waals surface area contributed by atoms with Crippen LogP contribution in [0.15, 0.2) is 64.6 Å². The number of carbonyl (C=O) groups excluding carboxylic acids is 1. The Morgan fingerprint density at radius 1 is 0.857 bits per heavy atom. The summed E-state index contributed by atoms with van der Waals surface area (Å²) in [5, 5.41) is 0.692. The molecule has 4 heterocycles. The number of ether oxygens (including phenoxy) is 4. The van der Waals surface area contributed by atoms with Gasteiger partial charge in [0.1, 0.15) is 18.2 Å². The molecule has 0 aliphatic carbocycles. The van der Waals surface area contributed by atoms with Crippen molar-refractivity contribution in [2.45, 2.75) is 16.5 Å². The van der Waals surface area contributed by atoms with Crippen molar-refractivity contribution < 1.29 is 23.7 Å². The minimum Gasteiger partial charge on any atom is -0.486 e. The van der Waals surface area contributed by atoms with Gasteiger partial charge in [-0.25, -0.2) is 4.98 Å². The van der Waals surface area contributed by atoms with E-state index in [9.17, 15) is 4.79 Å². The fourth-order valence-electron chi connectivity index (χ4n) is 4.41. The fraction of sp³-hybridized carbons (Fsp3) is 0.308. The first-order valence-electron chi connectivity index (χ1n) is 11.7. The number of fused-ring (bicyclic) bond motifs is 2. The predicted molar refractivity (Wildman–Crippen MR) is 130 cm³/mol. The van der Waals surface area contributed by atoms with E-state index < -0.39 is 0 Å². The molecule has 9 heteroatoms. The summed E-state index contributed by atoms with van der Waals surface area (Å²) in [6, 6.07) is 15.6. The molecule has 0 unspecified atom stereocenters. The van der Waals surface area contributed by atoms with Gasteiger partial charge in [0.25, 0.3) is 5.91 Å². The zero-order valence-corrected chi connectivity index (χ0v) is 20.0. The fourth-order valence-corrected chi connectivity index (χ4v) is 5.31. The summed E-state index contributed by atoms with van der Waals surface area (Å²) in [6.45, 7) is 5.16. The maximum Gasteiger partial charge on any atom is 0.256 e. The van der Waals surface area contributed by atoms with Gasteiger partial charge in [0.2, 0.25) is 6.79 Å². The van der Waals surface area contributed by atoms with E-state index in [0.717, 1.165) is 47.5 Å². The summed E-state index contributed by atoms with van der Waals surface area (Å²) < 4.78 is 22.2. The van der Waals surface area contributed by atoms with Crippen molar-refractivity contribution in [2.75, 3.05) is 46.2 Å². The molecule has 2 aromatic carbocycles. The quantitative estimate of drug-likeness (QED) is 0.535. The average molecular weight is 492 g/mol. The van der Waals surface area contributed by atoms with Gasteiger partial charge in [-0.05, 0) is 48.0 Å². The first-order chi connectivity index (χ1) is 17.2. The molecular weight excluding hydrogens is 466 g/mol. The largest absolute Gasteiger partial charge is 0.486 e. The Balaban J connectivity index is 1.10. The SMILES string of the molecule is O=C(c1cccnc1Sc1ccc2c(c1)OCCO2)N1CCN(Cc2ccc3c(c2)OCO3)CC1. The third-order valence-corrected chi connectivity index (χ3v) is 7.24. The molecule has 3 aromatic rings. The highest BCUT2D eigenvalue weighted by molar-refractivity contribution is 7.99. The van der Waals surface area contributed by atoms with Crippen LogP contribution in [0.5, 0.6) is 23.0 Å². The average Bonchev–Trinajstić information content (AvgIpc) is 3.37. The van der Waals surface area contributed by atoms with Crippen LogP contribution in [0.3, 0.4) is 0 Å². The third kappa shape index (κ3) is 4.74. The standard InChI is InChI=1S/C26H25N3O5S/c30-26(29-10-8-28(9-11-29)16-18-3-5-22-23(14-18)34-17-33-22)20-2-1-7-27-25(20)35-19-4-6-21-24(15-19)32-13-12-31-21/h1-7,14-15H,8-13,16-17H2. The van der Waals surface area contributed by atoms with Crippen molar-refractivity contribution in [3.63, 3.8) is 0 Å². The Hall–Kier alpha value is -3.43. The second kappa shape index (κ2) is 9.67. The van der Waals surface area contributed by atoms with Gasteiger partial charge < -0.3 is 23.8 Å². The molecule has 0 radical (unpaired) electrons. The van der Waals surface area contributed by atoms with E-state index in [1.54, 1.807) is 6.20 Å². The van der Waals surface area contributed by atoms with E-state index in [2.05, 4.69) is 16.0 Å². The van der Waals surface area contributed by atoms with Gasteiger partial charge in [0.05, 0.1) is 5.56 Å². The number of aromatic nitrogens is 1. The van der Waals surface area contributed by atoms with E-state index in [-0.39, 0.29) is 12.7 Å². The number of nitrogens with zero attached hydrogens (tertiary/aromatic N) is 3. The monoisotopic (exact) mass is 491 g/mol. The smallest absolute Gasteiger partial charge is 0.256 e. The Labute approximate surface area is 207 Å². The first kappa shape index (κ1) is 22.1. The van der Waals surface area contributed by atoms with Gasteiger partial charge in [-0.2, -0.15) is 0 Å². The summed E-state index contributed by atoms with van der Waals surface area (Å²) in [7, 11) is 0. The molecule has 3 aliphatic rings. The van der Waals surface area contributed by atoms with Crippen molar-refractivity contribution in [3.8, 4) is 23.0 Å². The molecule has 1 amide bonds. The molecule has 0 atom stereocenters. The van der Waals surface area contributed by atoms with Crippen LogP contribution in [0.1, 0.15) is 15.9 Å². The zero-order valence-electron chi connectivity index (χ0n) is 19.1. The molecule has 3 aliphatic heterocycles. The normalized spacial score (nSPS) is 16.9. The van der Waals surface area contributed by atoms with Gasteiger partial charge in [-0.1, -0.05) is 17.8 Å². The molecule has 1 fully saturated rings. The Bertz CT molecular complexity index is 1250.